The number of alkyl halides is 2. The number of fused-ring (bicyclic) bond motifs is 3. The maximum Gasteiger partial charge on any atom is 0.410 e. The number of hydrogen-bond acceptors (Lipinski definition) is 5. The molecule has 5 rings (SSSR count). The lowest BCUT2D eigenvalue weighted by Crippen LogP contribution is -2.63. The molecule has 0 aromatic heterocycles. The Morgan fingerprint density at radius 3 is 1.98 bits per heavy atom. The zero-order valence-corrected chi connectivity index (χ0v) is 25.0. The number of benzene rings is 2. The fourth-order valence-corrected chi connectivity index (χ4v) is 6.62. The zero-order valence-electron chi connectivity index (χ0n) is 25.0. The largest absolute Gasteiger partial charge is 0.479 e. The molecule has 0 unspecified atom stereocenters. The normalized spacial score (nSPS) is 19.7. The van der Waals surface area contributed by atoms with Crippen molar-refractivity contribution in [2.24, 2.45) is 5.92 Å². The van der Waals surface area contributed by atoms with Gasteiger partial charge < -0.3 is 19.5 Å². The smallest absolute Gasteiger partial charge is 0.410 e. The highest BCUT2D eigenvalue weighted by molar-refractivity contribution is 5.85. The summed E-state index contributed by atoms with van der Waals surface area (Å²) in [6, 6.07) is 15.8. The number of hydrogen-bond donors (Lipinski definition) is 1. The Bertz CT molecular complexity index is 1310. The first-order valence-electron chi connectivity index (χ1n) is 15.0. The van der Waals surface area contributed by atoms with Gasteiger partial charge >= 0.3 is 18.2 Å². The number of amides is 2. The van der Waals surface area contributed by atoms with E-state index in [0.29, 0.717) is 0 Å². The first-order chi connectivity index (χ1) is 20.3. The van der Waals surface area contributed by atoms with Crippen LogP contribution in [0.2, 0.25) is 0 Å². The van der Waals surface area contributed by atoms with E-state index < -0.39 is 35.2 Å². The predicted octanol–water partition coefficient (Wildman–Crippen LogP) is 6.92. The van der Waals surface area contributed by atoms with E-state index in [4.69, 9.17) is 9.47 Å². The van der Waals surface area contributed by atoms with Crippen LogP contribution in [0.4, 0.5) is 18.4 Å². The predicted molar refractivity (Wildman–Crippen MR) is 156 cm³/mol. The van der Waals surface area contributed by atoms with Crippen molar-refractivity contribution in [1.82, 2.24) is 9.80 Å². The Morgan fingerprint density at radius 1 is 0.930 bits per heavy atom. The van der Waals surface area contributed by atoms with Crippen LogP contribution in [0, 0.1) is 5.92 Å². The third-order valence-corrected chi connectivity index (χ3v) is 8.99. The number of aliphatic carboxylic acids is 1. The van der Waals surface area contributed by atoms with E-state index in [1.807, 2.05) is 48.5 Å². The summed E-state index contributed by atoms with van der Waals surface area (Å²) in [7, 11) is 0. The molecule has 2 aromatic carbocycles. The molecule has 1 saturated carbocycles. The van der Waals surface area contributed by atoms with Gasteiger partial charge in [-0.2, -0.15) is 0 Å². The van der Waals surface area contributed by atoms with Crippen LogP contribution in [0.1, 0.15) is 76.3 Å². The summed E-state index contributed by atoms with van der Waals surface area (Å²) in [5.41, 5.74) is 1.81. The highest BCUT2D eigenvalue weighted by Crippen LogP contribution is 2.45. The van der Waals surface area contributed by atoms with Gasteiger partial charge in [0.15, 0.2) is 0 Å². The third kappa shape index (κ3) is 6.48. The Kier molecular flexibility index (Phi) is 8.42. The fraction of sp³-hybridized carbons (Fsp3) is 0.545. The highest BCUT2D eigenvalue weighted by atomic mass is 19.3. The van der Waals surface area contributed by atoms with Gasteiger partial charge in [0.25, 0.3) is 0 Å². The summed E-state index contributed by atoms with van der Waals surface area (Å²) in [5, 5.41) is 10.6. The molecule has 2 fully saturated rings. The molecule has 2 amide bonds. The van der Waals surface area contributed by atoms with Crippen molar-refractivity contribution in [2.75, 3.05) is 26.2 Å². The van der Waals surface area contributed by atoms with Gasteiger partial charge in [-0.25, -0.2) is 23.2 Å². The number of likely N-dealkylation sites (tertiary alicyclic amines) is 1. The molecule has 0 radical (unpaired) electrons. The van der Waals surface area contributed by atoms with Crippen LogP contribution in [0.15, 0.2) is 48.5 Å². The molecular formula is C33H40F2N2O6. The summed E-state index contributed by atoms with van der Waals surface area (Å²) in [6.45, 7) is 5.39. The number of carbonyl (C=O) groups excluding carboxylic acids is 2. The number of carbonyl (C=O) groups is 3. The molecule has 0 spiro atoms. The maximum absolute atomic E-state index is 14.0. The molecule has 2 aromatic rings. The van der Waals surface area contributed by atoms with Gasteiger partial charge in [-0.1, -0.05) is 48.5 Å². The number of carboxylic acid groups (broad SMARTS) is 1. The summed E-state index contributed by atoms with van der Waals surface area (Å²) in [5.74, 6) is -4.47. The van der Waals surface area contributed by atoms with Crippen molar-refractivity contribution in [3.63, 3.8) is 0 Å². The summed E-state index contributed by atoms with van der Waals surface area (Å²) in [6.07, 6.45) is -1.64. The van der Waals surface area contributed by atoms with E-state index in [0.717, 1.165) is 22.3 Å². The Hall–Kier alpha value is -3.69. The number of nitrogens with zero attached hydrogens (tertiary/aromatic N) is 2. The van der Waals surface area contributed by atoms with Gasteiger partial charge in [-0.15, -0.1) is 0 Å². The first-order valence-corrected chi connectivity index (χ1v) is 15.0. The van der Waals surface area contributed by atoms with Crippen LogP contribution in [0.25, 0.3) is 11.1 Å². The van der Waals surface area contributed by atoms with Crippen molar-refractivity contribution in [1.29, 1.82) is 0 Å². The van der Waals surface area contributed by atoms with E-state index >= 15 is 0 Å². The van der Waals surface area contributed by atoms with E-state index in [-0.39, 0.29) is 76.6 Å². The number of carboxylic acids is 1. The third-order valence-electron chi connectivity index (χ3n) is 8.99. The van der Waals surface area contributed by atoms with Crippen LogP contribution in [0.5, 0.6) is 0 Å². The summed E-state index contributed by atoms with van der Waals surface area (Å²) >= 11 is 0. The Labute approximate surface area is 250 Å². The van der Waals surface area contributed by atoms with E-state index in [9.17, 15) is 28.3 Å². The lowest BCUT2D eigenvalue weighted by Gasteiger charge is -2.46. The topological polar surface area (TPSA) is 96.4 Å². The van der Waals surface area contributed by atoms with Crippen LogP contribution >= 0.6 is 0 Å². The molecular weight excluding hydrogens is 558 g/mol. The number of ether oxygens (including phenoxy) is 2. The van der Waals surface area contributed by atoms with Crippen LogP contribution in [-0.4, -0.2) is 76.4 Å². The molecule has 1 N–H and O–H groups in total. The highest BCUT2D eigenvalue weighted by Gasteiger charge is 2.51. The van der Waals surface area contributed by atoms with Crippen molar-refractivity contribution < 1.29 is 37.7 Å². The molecule has 10 heteroatoms. The molecule has 1 aliphatic heterocycles. The number of halogens is 2. The SMILES string of the molecule is CC(C)(C)OC(=O)N1CCC(C(=O)O)(N(CC2CCC(F)(F)CC2)C(=O)OCC2c3ccccc3-c3ccccc32)CC1. The average molecular weight is 599 g/mol. The molecule has 0 atom stereocenters. The van der Waals surface area contributed by atoms with Crippen LogP contribution in [0.3, 0.4) is 0 Å². The van der Waals surface area contributed by atoms with Gasteiger partial charge in [0.1, 0.15) is 17.7 Å². The maximum atomic E-state index is 14.0. The van der Waals surface area contributed by atoms with Gasteiger partial charge in [0.05, 0.1) is 0 Å². The number of rotatable bonds is 6. The Balaban J connectivity index is 1.37. The van der Waals surface area contributed by atoms with Gasteiger partial charge in [-0.3, -0.25) is 4.90 Å². The minimum Gasteiger partial charge on any atom is -0.479 e. The lowest BCUT2D eigenvalue weighted by molar-refractivity contribution is -0.155. The monoisotopic (exact) mass is 598 g/mol. The van der Waals surface area contributed by atoms with E-state index in [2.05, 4.69) is 0 Å². The summed E-state index contributed by atoms with van der Waals surface area (Å²) < 4.78 is 39.3. The molecule has 2 aliphatic carbocycles. The molecule has 1 saturated heterocycles. The van der Waals surface area contributed by atoms with Crippen LogP contribution < -0.4 is 0 Å². The van der Waals surface area contributed by atoms with Crippen molar-refractivity contribution in [3.8, 4) is 11.1 Å². The molecule has 232 valence electrons. The second-order valence-electron chi connectivity index (χ2n) is 13.0. The average Bonchev–Trinajstić information content (AvgIpc) is 3.28. The molecule has 3 aliphatic rings. The van der Waals surface area contributed by atoms with Crippen molar-refractivity contribution in [3.05, 3.63) is 59.7 Å². The minimum absolute atomic E-state index is 0.00578. The zero-order chi connectivity index (χ0) is 31.0. The first kappa shape index (κ1) is 30.8. The fourth-order valence-electron chi connectivity index (χ4n) is 6.62. The molecule has 0 bridgehead atoms. The second kappa shape index (κ2) is 11.8. The van der Waals surface area contributed by atoms with E-state index in [1.165, 1.54) is 9.80 Å². The lowest BCUT2D eigenvalue weighted by atomic mass is 9.82. The van der Waals surface area contributed by atoms with Crippen LogP contribution in [-0.2, 0) is 14.3 Å². The standard InChI is InChI=1S/C33H40F2N2O6/c1-31(2,3)43-29(40)36-18-16-32(17-19-36,28(38)39)37(20-22-12-14-33(34,35)15-13-22)30(41)42-21-27-25-10-6-4-8-23(25)24-9-5-7-11-26(24)27/h4-11,22,27H,12-21H2,1-3H3,(H,38,39). The Morgan fingerprint density at radius 2 is 1.47 bits per heavy atom. The van der Waals surface area contributed by atoms with Gasteiger partial charge in [0, 0.05) is 38.4 Å². The number of piperidine rings is 1. The molecule has 8 nitrogen and oxygen atoms in total. The van der Waals surface area contributed by atoms with Gasteiger partial charge in [-0.05, 0) is 74.6 Å². The van der Waals surface area contributed by atoms with Gasteiger partial charge in [0.2, 0.25) is 5.92 Å². The van der Waals surface area contributed by atoms with E-state index in [1.54, 1.807) is 20.8 Å². The molecule has 43 heavy (non-hydrogen) atoms. The van der Waals surface area contributed by atoms with Crippen molar-refractivity contribution in [2.45, 2.75) is 82.3 Å². The quantitative estimate of drug-likeness (QED) is 0.388. The minimum atomic E-state index is -2.76. The summed E-state index contributed by atoms with van der Waals surface area (Å²) in [4.78, 5) is 42.3. The molecule has 1 heterocycles. The second-order valence-corrected chi connectivity index (χ2v) is 13.0. The van der Waals surface area contributed by atoms with Crippen molar-refractivity contribution >= 4 is 18.2 Å².